The Balaban J connectivity index is 1.69. The van der Waals surface area contributed by atoms with Crippen molar-refractivity contribution in [3.8, 4) is 16.9 Å². The third-order valence-corrected chi connectivity index (χ3v) is 7.66. The molecule has 0 spiro atoms. The lowest BCUT2D eigenvalue weighted by Crippen LogP contribution is -2.41. The average Bonchev–Trinajstić information content (AvgIpc) is 3.26. The van der Waals surface area contributed by atoms with Crippen molar-refractivity contribution in [1.29, 1.82) is 0 Å². The van der Waals surface area contributed by atoms with Gasteiger partial charge >= 0.3 is 6.61 Å². The molecule has 11 heteroatoms. The van der Waals surface area contributed by atoms with Gasteiger partial charge in [-0.3, -0.25) is 9.00 Å². The Hall–Kier alpha value is -2.88. The molecule has 0 aromatic heterocycles. The van der Waals surface area contributed by atoms with Crippen LogP contribution in [0, 0.1) is 0 Å². The predicted molar refractivity (Wildman–Crippen MR) is 140 cm³/mol. The van der Waals surface area contributed by atoms with Gasteiger partial charge in [0.05, 0.1) is 38.3 Å². The standard InChI is InChI=1S/C25H23Cl2F2N3O3S/c1-3-36(34)15-10-8-14(9-11-15)22(30-13(2)33)24-31-18-12-17(26)20(21(27)23(18)32-24)16-6-4-5-7-19(16)35-25(28)29/h4-12,22,24-25,31-32H,3H2,1-2H3,(H,30,33). The van der Waals surface area contributed by atoms with E-state index in [-0.39, 0.29) is 21.7 Å². The molecule has 0 saturated carbocycles. The van der Waals surface area contributed by atoms with Gasteiger partial charge in [0.2, 0.25) is 5.91 Å². The van der Waals surface area contributed by atoms with Crippen molar-refractivity contribution in [2.24, 2.45) is 0 Å². The number of halogens is 4. The van der Waals surface area contributed by atoms with Crippen LogP contribution in [0.25, 0.3) is 11.1 Å². The zero-order chi connectivity index (χ0) is 26.0. The quantitative estimate of drug-likeness (QED) is 0.299. The van der Waals surface area contributed by atoms with E-state index in [2.05, 4.69) is 20.7 Å². The fourth-order valence-electron chi connectivity index (χ4n) is 4.09. The van der Waals surface area contributed by atoms with Gasteiger partial charge < -0.3 is 20.7 Å². The molecule has 0 saturated heterocycles. The maximum absolute atomic E-state index is 13.0. The summed E-state index contributed by atoms with van der Waals surface area (Å²) in [5.74, 6) is 0.200. The van der Waals surface area contributed by atoms with E-state index in [9.17, 15) is 17.8 Å². The molecule has 1 aliphatic rings. The SMILES string of the molecule is CCS(=O)c1ccc(C(NC(C)=O)C2Nc3cc(Cl)c(-c4ccccc4OC(F)F)c(Cl)c3N2)cc1. The summed E-state index contributed by atoms with van der Waals surface area (Å²) in [5, 5.41) is 9.96. The molecule has 3 aromatic carbocycles. The molecule has 190 valence electrons. The van der Waals surface area contributed by atoms with Crippen LogP contribution in [0.1, 0.15) is 25.5 Å². The van der Waals surface area contributed by atoms with E-state index in [1.807, 2.05) is 19.1 Å². The molecule has 3 aromatic rings. The molecule has 1 aliphatic heterocycles. The molecule has 0 bridgehead atoms. The second kappa shape index (κ2) is 11.0. The highest BCUT2D eigenvalue weighted by Crippen LogP contribution is 2.49. The second-order valence-corrected chi connectivity index (χ2v) is 10.5. The Morgan fingerprint density at radius 3 is 2.47 bits per heavy atom. The summed E-state index contributed by atoms with van der Waals surface area (Å²) in [6.45, 7) is 0.244. The number of fused-ring (bicyclic) bond motifs is 1. The summed E-state index contributed by atoms with van der Waals surface area (Å²) < 4.78 is 42.7. The van der Waals surface area contributed by atoms with E-state index in [4.69, 9.17) is 23.2 Å². The lowest BCUT2D eigenvalue weighted by Gasteiger charge is -2.26. The first-order valence-electron chi connectivity index (χ1n) is 11.0. The molecule has 0 fully saturated rings. The highest BCUT2D eigenvalue weighted by Gasteiger charge is 2.33. The Bertz CT molecular complexity index is 1310. The molecule has 3 unspecified atom stereocenters. The second-order valence-electron chi connectivity index (χ2n) is 7.99. The van der Waals surface area contributed by atoms with Gasteiger partial charge in [0, 0.05) is 28.7 Å². The highest BCUT2D eigenvalue weighted by molar-refractivity contribution is 7.85. The van der Waals surface area contributed by atoms with Crippen LogP contribution < -0.4 is 20.7 Å². The Kier molecular flexibility index (Phi) is 8.02. The molecule has 3 N–H and O–H groups in total. The number of rotatable bonds is 8. The van der Waals surface area contributed by atoms with Crippen molar-refractivity contribution in [3.05, 3.63) is 70.2 Å². The minimum atomic E-state index is -3.01. The fraction of sp³-hybridized carbons (Fsp3) is 0.240. The van der Waals surface area contributed by atoms with Gasteiger partial charge in [0.25, 0.3) is 0 Å². The third-order valence-electron chi connectivity index (χ3n) is 5.66. The molecule has 1 amide bonds. The largest absolute Gasteiger partial charge is 0.434 e. The van der Waals surface area contributed by atoms with Crippen LogP contribution >= 0.6 is 23.2 Å². The van der Waals surface area contributed by atoms with Crippen molar-refractivity contribution >= 4 is 51.3 Å². The number of alkyl halides is 2. The molecule has 36 heavy (non-hydrogen) atoms. The van der Waals surface area contributed by atoms with E-state index in [1.54, 1.807) is 36.4 Å². The van der Waals surface area contributed by atoms with Gasteiger partial charge in [-0.15, -0.1) is 0 Å². The number of carbonyl (C=O) groups is 1. The fourth-order valence-corrected chi connectivity index (χ4v) is 5.58. The van der Waals surface area contributed by atoms with Crippen LogP contribution in [0.15, 0.2) is 59.5 Å². The first-order chi connectivity index (χ1) is 17.2. The highest BCUT2D eigenvalue weighted by atomic mass is 35.5. The predicted octanol–water partition coefficient (Wildman–Crippen LogP) is 6.43. The molecule has 4 rings (SSSR count). The summed E-state index contributed by atoms with van der Waals surface area (Å²) >= 11 is 13.3. The lowest BCUT2D eigenvalue weighted by atomic mass is 10.0. The number of anilines is 2. The molecular formula is C25H23Cl2F2N3O3S. The first kappa shape index (κ1) is 26.2. The normalized spacial score (nSPS) is 16.0. The van der Waals surface area contributed by atoms with Crippen molar-refractivity contribution < 1.29 is 22.5 Å². The van der Waals surface area contributed by atoms with E-state index in [0.29, 0.717) is 33.2 Å². The molecule has 0 radical (unpaired) electrons. The van der Waals surface area contributed by atoms with E-state index in [0.717, 1.165) is 5.56 Å². The molecular weight excluding hydrogens is 531 g/mol. The van der Waals surface area contributed by atoms with Gasteiger partial charge in [-0.1, -0.05) is 60.5 Å². The van der Waals surface area contributed by atoms with Gasteiger partial charge in [-0.2, -0.15) is 8.78 Å². The molecule has 6 nitrogen and oxygen atoms in total. The number of para-hydroxylation sites is 1. The van der Waals surface area contributed by atoms with E-state index in [1.165, 1.54) is 13.0 Å². The van der Waals surface area contributed by atoms with Gasteiger partial charge in [-0.05, 0) is 29.8 Å². The first-order valence-corrected chi connectivity index (χ1v) is 13.1. The maximum atomic E-state index is 13.0. The van der Waals surface area contributed by atoms with Crippen molar-refractivity contribution in [2.45, 2.75) is 37.6 Å². The van der Waals surface area contributed by atoms with Gasteiger partial charge in [0.1, 0.15) is 11.9 Å². The Labute approximate surface area is 219 Å². The van der Waals surface area contributed by atoms with Crippen LogP contribution in [0.2, 0.25) is 10.0 Å². The zero-order valence-corrected chi connectivity index (χ0v) is 21.6. The summed E-state index contributed by atoms with van der Waals surface area (Å²) in [5.41, 5.74) is 2.53. The number of hydrogen-bond donors (Lipinski definition) is 3. The summed E-state index contributed by atoms with van der Waals surface area (Å²) in [6.07, 6.45) is -0.511. The number of carbonyl (C=O) groups excluding carboxylic acids is 1. The average molecular weight is 554 g/mol. The van der Waals surface area contributed by atoms with E-state index < -0.39 is 29.6 Å². The smallest absolute Gasteiger partial charge is 0.387 e. The van der Waals surface area contributed by atoms with E-state index >= 15 is 0 Å². The van der Waals surface area contributed by atoms with Crippen LogP contribution in [-0.4, -0.2) is 28.6 Å². The summed E-state index contributed by atoms with van der Waals surface area (Å²) in [7, 11) is -1.10. The minimum Gasteiger partial charge on any atom is -0.434 e. The van der Waals surface area contributed by atoms with Crippen molar-refractivity contribution in [2.75, 3.05) is 16.4 Å². The number of hydrogen-bond acceptors (Lipinski definition) is 5. The summed E-state index contributed by atoms with van der Waals surface area (Å²) in [6, 6.07) is 14.5. The van der Waals surface area contributed by atoms with Gasteiger partial charge in [0.15, 0.2) is 0 Å². The number of benzene rings is 3. The third kappa shape index (κ3) is 5.43. The topological polar surface area (TPSA) is 79.5 Å². The monoisotopic (exact) mass is 553 g/mol. The summed E-state index contributed by atoms with van der Waals surface area (Å²) in [4.78, 5) is 12.7. The number of ether oxygens (including phenoxy) is 1. The zero-order valence-electron chi connectivity index (χ0n) is 19.3. The van der Waals surface area contributed by atoms with Crippen LogP contribution in [0.4, 0.5) is 20.2 Å². The van der Waals surface area contributed by atoms with Crippen molar-refractivity contribution in [1.82, 2.24) is 5.32 Å². The lowest BCUT2D eigenvalue weighted by molar-refractivity contribution is -0.119. The Morgan fingerprint density at radius 2 is 1.83 bits per heavy atom. The van der Waals surface area contributed by atoms with Gasteiger partial charge in [-0.25, -0.2) is 0 Å². The van der Waals surface area contributed by atoms with Crippen molar-refractivity contribution in [3.63, 3.8) is 0 Å². The Morgan fingerprint density at radius 1 is 1.14 bits per heavy atom. The maximum Gasteiger partial charge on any atom is 0.387 e. The number of nitrogens with one attached hydrogen (secondary N) is 3. The molecule has 1 heterocycles. The van der Waals surface area contributed by atoms with Crippen LogP contribution in [-0.2, 0) is 15.6 Å². The molecule has 0 aliphatic carbocycles. The minimum absolute atomic E-state index is 0.0561. The molecule has 3 atom stereocenters. The number of amides is 1. The van der Waals surface area contributed by atoms with Crippen LogP contribution in [0.3, 0.4) is 0 Å². The van der Waals surface area contributed by atoms with Crippen LogP contribution in [0.5, 0.6) is 5.75 Å².